The second-order valence-corrected chi connectivity index (χ2v) is 6.10. The number of piperidine rings is 1. The van der Waals surface area contributed by atoms with Crippen LogP contribution in [0.2, 0.25) is 0 Å². The minimum atomic E-state index is -0.387. The highest BCUT2D eigenvalue weighted by Gasteiger charge is 2.34. The van der Waals surface area contributed by atoms with Crippen LogP contribution in [0.1, 0.15) is 59.3 Å². The molecule has 0 aliphatic carbocycles. The van der Waals surface area contributed by atoms with Gasteiger partial charge in [-0.3, -0.25) is 4.79 Å². The third kappa shape index (κ3) is 5.65. The maximum absolute atomic E-state index is 12.6. The van der Waals surface area contributed by atoms with E-state index in [0.717, 1.165) is 38.5 Å². The summed E-state index contributed by atoms with van der Waals surface area (Å²) in [4.78, 5) is 26.3. The van der Waals surface area contributed by atoms with Crippen molar-refractivity contribution in [3.05, 3.63) is 0 Å². The van der Waals surface area contributed by atoms with E-state index in [-0.39, 0.29) is 29.9 Å². The summed E-state index contributed by atoms with van der Waals surface area (Å²) in [7, 11) is 0. The summed E-state index contributed by atoms with van der Waals surface area (Å²) in [5, 5.41) is 0. The van der Waals surface area contributed by atoms with E-state index in [2.05, 4.69) is 0 Å². The second kappa shape index (κ2) is 9.03. The molecule has 0 radical (unpaired) electrons. The van der Waals surface area contributed by atoms with E-state index in [4.69, 9.17) is 10.5 Å². The van der Waals surface area contributed by atoms with Crippen LogP contribution in [0.15, 0.2) is 0 Å². The molecule has 1 saturated heterocycles. The zero-order valence-electron chi connectivity index (χ0n) is 13.6. The molecule has 1 amide bonds. The van der Waals surface area contributed by atoms with Crippen molar-refractivity contribution in [3.8, 4) is 0 Å². The molecule has 2 N–H and O–H groups in total. The summed E-state index contributed by atoms with van der Waals surface area (Å²) >= 11 is 0. The standard InChI is InChI=1S/C16H30N2O3/c1-4-21-16(20)14-10-5-6-11-18(14)15(19)12(2)8-7-9-13(3)17/h12-14H,4-11,17H2,1-3H3. The van der Waals surface area contributed by atoms with E-state index >= 15 is 0 Å². The monoisotopic (exact) mass is 298 g/mol. The Kier molecular flexibility index (Phi) is 7.72. The van der Waals surface area contributed by atoms with E-state index in [1.54, 1.807) is 11.8 Å². The molecule has 5 heteroatoms. The van der Waals surface area contributed by atoms with Crippen molar-refractivity contribution in [1.29, 1.82) is 0 Å². The number of nitrogens with two attached hydrogens (primary N) is 1. The van der Waals surface area contributed by atoms with Crippen molar-refractivity contribution < 1.29 is 14.3 Å². The van der Waals surface area contributed by atoms with Gasteiger partial charge in [-0.05, 0) is 46.0 Å². The maximum Gasteiger partial charge on any atom is 0.328 e. The van der Waals surface area contributed by atoms with Gasteiger partial charge in [-0.2, -0.15) is 0 Å². The van der Waals surface area contributed by atoms with Gasteiger partial charge in [0.25, 0.3) is 0 Å². The molecule has 1 fully saturated rings. The third-order valence-electron chi connectivity index (χ3n) is 4.06. The fourth-order valence-corrected chi connectivity index (χ4v) is 2.83. The Bertz CT molecular complexity index is 344. The van der Waals surface area contributed by atoms with Crippen LogP contribution >= 0.6 is 0 Å². The van der Waals surface area contributed by atoms with Crippen LogP contribution in [-0.2, 0) is 14.3 Å². The van der Waals surface area contributed by atoms with Gasteiger partial charge in [0.15, 0.2) is 0 Å². The molecular weight excluding hydrogens is 268 g/mol. The highest BCUT2D eigenvalue weighted by molar-refractivity contribution is 5.85. The number of amides is 1. The predicted molar refractivity (Wildman–Crippen MR) is 82.6 cm³/mol. The quantitative estimate of drug-likeness (QED) is 0.730. The normalized spacial score (nSPS) is 21.7. The molecule has 0 bridgehead atoms. The van der Waals surface area contributed by atoms with Crippen molar-refractivity contribution in [2.75, 3.05) is 13.2 Å². The summed E-state index contributed by atoms with van der Waals surface area (Å²) in [5.41, 5.74) is 5.74. The van der Waals surface area contributed by atoms with Crippen LogP contribution < -0.4 is 5.73 Å². The molecule has 1 rings (SSSR count). The van der Waals surface area contributed by atoms with Crippen LogP contribution in [0.3, 0.4) is 0 Å². The largest absolute Gasteiger partial charge is 0.464 e. The number of esters is 1. The zero-order valence-corrected chi connectivity index (χ0v) is 13.6. The molecule has 0 spiro atoms. The van der Waals surface area contributed by atoms with Crippen molar-refractivity contribution in [2.45, 2.75) is 71.4 Å². The van der Waals surface area contributed by atoms with Gasteiger partial charge < -0.3 is 15.4 Å². The summed E-state index contributed by atoms with van der Waals surface area (Å²) in [5.74, 6) is -0.232. The lowest BCUT2D eigenvalue weighted by Gasteiger charge is -2.35. The first-order chi connectivity index (χ1) is 9.97. The van der Waals surface area contributed by atoms with E-state index in [1.807, 2.05) is 13.8 Å². The van der Waals surface area contributed by atoms with Gasteiger partial charge in [0.2, 0.25) is 5.91 Å². The Balaban J connectivity index is 2.57. The topological polar surface area (TPSA) is 72.6 Å². The van der Waals surface area contributed by atoms with Gasteiger partial charge in [-0.1, -0.05) is 13.3 Å². The number of ether oxygens (including phenoxy) is 1. The molecule has 3 atom stereocenters. The molecule has 0 aromatic rings. The van der Waals surface area contributed by atoms with Gasteiger partial charge in [-0.25, -0.2) is 4.79 Å². The Labute approximate surface area is 128 Å². The minimum absolute atomic E-state index is 0.0567. The Morgan fingerprint density at radius 3 is 2.62 bits per heavy atom. The lowest BCUT2D eigenvalue weighted by molar-refractivity contribution is -0.158. The first-order valence-electron chi connectivity index (χ1n) is 8.20. The van der Waals surface area contributed by atoms with Crippen LogP contribution in [-0.4, -0.2) is 42.0 Å². The number of carbonyl (C=O) groups is 2. The zero-order chi connectivity index (χ0) is 15.8. The van der Waals surface area contributed by atoms with Gasteiger partial charge in [-0.15, -0.1) is 0 Å². The molecule has 1 aliphatic rings. The fourth-order valence-electron chi connectivity index (χ4n) is 2.83. The molecule has 3 unspecified atom stereocenters. The van der Waals surface area contributed by atoms with Gasteiger partial charge in [0, 0.05) is 18.5 Å². The van der Waals surface area contributed by atoms with Crippen LogP contribution in [0, 0.1) is 5.92 Å². The second-order valence-electron chi connectivity index (χ2n) is 6.10. The average molecular weight is 298 g/mol. The number of carbonyl (C=O) groups excluding carboxylic acids is 2. The number of hydrogen-bond acceptors (Lipinski definition) is 4. The lowest BCUT2D eigenvalue weighted by atomic mass is 9.96. The summed E-state index contributed by atoms with van der Waals surface area (Å²) in [6.45, 7) is 6.75. The SMILES string of the molecule is CCOC(=O)C1CCCCN1C(=O)C(C)CCCC(C)N. The van der Waals surface area contributed by atoms with E-state index < -0.39 is 0 Å². The smallest absolute Gasteiger partial charge is 0.328 e. The molecular formula is C16H30N2O3. The number of rotatable bonds is 7. The van der Waals surface area contributed by atoms with E-state index in [1.165, 1.54) is 0 Å². The summed E-state index contributed by atoms with van der Waals surface area (Å²) < 4.78 is 5.10. The first-order valence-corrected chi connectivity index (χ1v) is 8.20. The van der Waals surface area contributed by atoms with Crippen molar-refractivity contribution in [3.63, 3.8) is 0 Å². The summed E-state index contributed by atoms with van der Waals surface area (Å²) in [6, 6.07) is -0.211. The van der Waals surface area contributed by atoms with Crippen molar-refractivity contribution in [2.24, 2.45) is 11.7 Å². The first kappa shape index (κ1) is 18.0. The fraction of sp³-hybridized carbons (Fsp3) is 0.875. The Hall–Kier alpha value is -1.10. The van der Waals surface area contributed by atoms with Crippen molar-refractivity contribution >= 4 is 11.9 Å². The molecule has 5 nitrogen and oxygen atoms in total. The van der Waals surface area contributed by atoms with Gasteiger partial charge in [0.1, 0.15) is 6.04 Å². The van der Waals surface area contributed by atoms with Crippen LogP contribution in [0.25, 0.3) is 0 Å². The average Bonchev–Trinajstić information content (AvgIpc) is 2.46. The molecule has 122 valence electrons. The molecule has 0 aromatic heterocycles. The number of likely N-dealkylation sites (tertiary alicyclic amines) is 1. The third-order valence-corrected chi connectivity index (χ3v) is 4.06. The summed E-state index contributed by atoms with van der Waals surface area (Å²) in [6.07, 6.45) is 5.37. The molecule has 1 aliphatic heterocycles. The Morgan fingerprint density at radius 1 is 1.29 bits per heavy atom. The Morgan fingerprint density at radius 2 is 2.00 bits per heavy atom. The maximum atomic E-state index is 12.6. The van der Waals surface area contributed by atoms with E-state index in [0.29, 0.717) is 13.2 Å². The molecule has 0 saturated carbocycles. The molecule has 21 heavy (non-hydrogen) atoms. The number of nitrogens with zero attached hydrogens (tertiary/aromatic N) is 1. The van der Waals surface area contributed by atoms with Crippen LogP contribution in [0.4, 0.5) is 0 Å². The molecule has 1 heterocycles. The lowest BCUT2D eigenvalue weighted by Crippen LogP contribution is -2.50. The van der Waals surface area contributed by atoms with Gasteiger partial charge >= 0.3 is 5.97 Å². The number of hydrogen-bond donors (Lipinski definition) is 1. The highest BCUT2D eigenvalue weighted by atomic mass is 16.5. The van der Waals surface area contributed by atoms with Crippen LogP contribution in [0.5, 0.6) is 0 Å². The van der Waals surface area contributed by atoms with Crippen molar-refractivity contribution in [1.82, 2.24) is 4.90 Å². The highest BCUT2D eigenvalue weighted by Crippen LogP contribution is 2.22. The molecule has 0 aromatic carbocycles. The predicted octanol–water partition coefficient (Wildman–Crippen LogP) is 2.08. The van der Waals surface area contributed by atoms with Gasteiger partial charge in [0.05, 0.1) is 6.61 Å². The minimum Gasteiger partial charge on any atom is -0.464 e. The van der Waals surface area contributed by atoms with E-state index in [9.17, 15) is 9.59 Å².